The van der Waals surface area contributed by atoms with Crippen LogP contribution in [-0.2, 0) is 4.79 Å². The number of ether oxygens (including phenoxy) is 2. The number of hydrogen-bond donors (Lipinski definition) is 2. The highest BCUT2D eigenvalue weighted by atomic mass is 16.5. The molecule has 39 heavy (non-hydrogen) atoms. The molecule has 0 saturated heterocycles. The van der Waals surface area contributed by atoms with Gasteiger partial charge in [0.25, 0.3) is 0 Å². The molecule has 1 aromatic heterocycles. The number of nitrogen functional groups attached to an aromatic ring is 1. The third-order valence-corrected chi connectivity index (χ3v) is 6.62. The summed E-state index contributed by atoms with van der Waals surface area (Å²) in [5, 5.41) is 7.76. The van der Waals surface area contributed by atoms with Gasteiger partial charge in [-0.2, -0.15) is 0 Å². The summed E-state index contributed by atoms with van der Waals surface area (Å²) in [4.78, 5) is 12.3. The minimum absolute atomic E-state index is 0.338. The molecule has 7 heteroatoms. The molecule has 0 aliphatic carbocycles. The largest absolute Gasteiger partial charge is 0.497 e. The number of carbonyl (C=O) groups is 1. The highest BCUT2D eigenvalue weighted by Crippen LogP contribution is 2.39. The second-order valence-corrected chi connectivity index (χ2v) is 9.05. The molecule has 0 bridgehead atoms. The molecule has 1 atom stereocenters. The molecule has 0 spiro atoms. The van der Waals surface area contributed by atoms with Crippen molar-refractivity contribution in [1.29, 1.82) is 0 Å². The van der Waals surface area contributed by atoms with Crippen molar-refractivity contribution in [3.63, 3.8) is 0 Å². The van der Waals surface area contributed by atoms with Crippen LogP contribution in [0.2, 0.25) is 0 Å². The first-order chi connectivity index (χ1) is 19.1. The molecule has 3 N–H and O–H groups in total. The van der Waals surface area contributed by atoms with Crippen molar-refractivity contribution in [3.8, 4) is 45.0 Å². The number of carbonyl (C=O) groups excluding carboxylic acids is 1. The normalized spacial score (nSPS) is 11.5. The average Bonchev–Trinajstić information content (AvgIpc) is 3.43. The lowest BCUT2D eigenvalue weighted by Crippen LogP contribution is -2.14. The zero-order chi connectivity index (χ0) is 27.2. The highest BCUT2D eigenvalue weighted by molar-refractivity contribution is 5.85. The molecule has 0 amide bonds. The van der Waals surface area contributed by atoms with E-state index >= 15 is 0 Å². The molecule has 7 nitrogen and oxygen atoms in total. The minimum atomic E-state index is -0.571. The SMILES string of the molecule is COc1ccc(-c2noc(C(C=O)CNc3ccc(-c4ccc(N)cc4)cc3)c2-c2ccc(OC)cc2)cc1. The quantitative estimate of drug-likeness (QED) is 0.157. The summed E-state index contributed by atoms with van der Waals surface area (Å²) >= 11 is 0. The lowest BCUT2D eigenvalue weighted by atomic mass is 9.94. The van der Waals surface area contributed by atoms with Gasteiger partial charge >= 0.3 is 0 Å². The number of methoxy groups -OCH3 is 2. The van der Waals surface area contributed by atoms with Gasteiger partial charge in [-0.05, 0) is 77.4 Å². The molecule has 0 radical (unpaired) electrons. The van der Waals surface area contributed by atoms with Gasteiger partial charge in [0, 0.05) is 23.5 Å². The first kappa shape index (κ1) is 25.6. The van der Waals surface area contributed by atoms with E-state index in [9.17, 15) is 4.79 Å². The Morgan fingerprint density at radius 1 is 0.769 bits per heavy atom. The molecule has 196 valence electrons. The summed E-state index contributed by atoms with van der Waals surface area (Å²) < 4.78 is 16.5. The van der Waals surface area contributed by atoms with Crippen LogP contribution in [0.5, 0.6) is 11.5 Å². The Labute approximate surface area is 227 Å². The second-order valence-electron chi connectivity index (χ2n) is 9.05. The van der Waals surface area contributed by atoms with Gasteiger partial charge in [0.15, 0.2) is 5.76 Å². The number of nitrogens with zero attached hydrogens (tertiary/aromatic N) is 1. The van der Waals surface area contributed by atoms with Gasteiger partial charge in [0.2, 0.25) is 0 Å². The van der Waals surface area contributed by atoms with E-state index in [4.69, 9.17) is 19.7 Å². The van der Waals surface area contributed by atoms with E-state index in [0.717, 1.165) is 57.0 Å². The van der Waals surface area contributed by atoms with Crippen LogP contribution >= 0.6 is 0 Å². The third kappa shape index (κ3) is 5.62. The van der Waals surface area contributed by atoms with Crippen LogP contribution < -0.4 is 20.5 Å². The van der Waals surface area contributed by atoms with Crippen LogP contribution in [0.1, 0.15) is 11.7 Å². The van der Waals surface area contributed by atoms with E-state index in [1.54, 1.807) is 14.2 Å². The smallest absolute Gasteiger partial charge is 0.157 e. The maximum Gasteiger partial charge on any atom is 0.157 e. The Bertz CT molecular complexity index is 1530. The standard InChI is InChI=1S/C32H29N3O4/c1-37-28-15-7-23(8-16-28)30-31(24-9-17-29(38-2)18-10-24)35-39-32(30)25(20-36)19-34-27-13-5-22(6-14-27)21-3-11-26(33)12-4-21/h3-18,20,25,34H,19,33H2,1-2H3. The van der Waals surface area contributed by atoms with Gasteiger partial charge in [-0.15, -0.1) is 0 Å². The number of benzene rings is 4. The number of nitrogens with two attached hydrogens (primary N) is 1. The van der Waals surface area contributed by atoms with E-state index in [1.165, 1.54) is 0 Å². The highest BCUT2D eigenvalue weighted by Gasteiger charge is 2.26. The van der Waals surface area contributed by atoms with Crippen molar-refractivity contribution in [2.75, 3.05) is 31.8 Å². The van der Waals surface area contributed by atoms with Crippen LogP contribution in [0, 0.1) is 0 Å². The topological polar surface area (TPSA) is 99.6 Å². The van der Waals surface area contributed by atoms with Crippen LogP contribution in [-0.4, -0.2) is 32.2 Å². The predicted molar refractivity (Wildman–Crippen MR) is 154 cm³/mol. The molecule has 0 saturated carbocycles. The molecule has 1 unspecified atom stereocenters. The summed E-state index contributed by atoms with van der Waals surface area (Å²) in [5.74, 6) is 1.40. The second kappa shape index (κ2) is 11.6. The van der Waals surface area contributed by atoms with Crippen molar-refractivity contribution in [1.82, 2.24) is 5.16 Å². The number of nitrogens with one attached hydrogen (secondary N) is 1. The van der Waals surface area contributed by atoms with Crippen LogP contribution in [0.3, 0.4) is 0 Å². The van der Waals surface area contributed by atoms with Crippen molar-refractivity contribution < 1.29 is 18.8 Å². The Morgan fingerprint density at radius 3 is 1.82 bits per heavy atom. The predicted octanol–water partition coefficient (Wildman–Crippen LogP) is 6.67. The molecular weight excluding hydrogens is 490 g/mol. The zero-order valence-corrected chi connectivity index (χ0v) is 21.8. The molecule has 0 aliphatic heterocycles. The van der Waals surface area contributed by atoms with Crippen LogP contribution in [0.25, 0.3) is 33.5 Å². The summed E-state index contributed by atoms with van der Waals surface area (Å²) in [6.45, 7) is 0.338. The molecular formula is C32H29N3O4. The molecule has 0 fully saturated rings. The molecule has 4 aromatic carbocycles. The molecule has 1 heterocycles. The first-order valence-corrected chi connectivity index (χ1v) is 12.5. The van der Waals surface area contributed by atoms with Crippen molar-refractivity contribution in [2.24, 2.45) is 0 Å². The fraction of sp³-hybridized carbons (Fsp3) is 0.125. The lowest BCUT2D eigenvalue weighted by Gasteiger charge is -2.13. The fourth-order valence-corrected chi connectivity index (χ4v) is 4.43. The Hall–Kier alpha value is -5.04. The van der Waals surface area contributed by atoms with Crippen molar-refractivity contribution in [3.05, 3.63) is 103 Å². The monoisotopic (exact) mass is 519 g/mol. The number of aromatic nitrogens is 1. The van der Waals surface area contributed by atoms with Crippen molar-refractivity contribution >= 4 is 17.7 Å². The van der Waals surface area contributed by atoms with Gasteiger partial charge in [0.05, 0.1) is 25.7 Å². The third-order valence-electron chi connectivity index (χ3n) is 6.62. The van der Waals surface area contributed by atoms with E-state index < -0.39 is 5.92 Å². The van der Waals surface area contributed by atoms with E-state index in [1.807, 2.05) is 97.1 Å². The van der Waals surface area contributed by atoms with E-state index in [2.05, 4.69) is 10.5 Å². The summed E-state index contributed by atoms with van der Waals surface area (Å²) in [6.07, 6.45) is 0.890. The summed E-state index contributed by atoms with van der Waals surface area (Å²) in [5.41, 5.74) is 12.7. The number of rotatable bonds is 10. The Morgan fingerprint density at radius 2 is 1.28 bits per heavy atom. The van der Waals surface area contributed by atoms with E-state index in [-0.39, 0.29) is 0 Å². The van der Waals surface area contributed by atoms with Gasteiger partial charge in [-0.3, -0.25) is 0 Å². The minimum Gasteiger partial charge on any atom is -0.497 e. The van der Waals surface area contributed by atoms with Gasteiger partial charge in [-0.25, -0.2) is 0 Å². The maximum atomic E-state index is 12.3. The zero-order valence-electron chi connectivity index (χ0n) is 21.8. The van der Waals surface area contributed by atoms with Crippen LogP contribution in [0.4, 0.5) is 11.4 Å². The maximum absolute atomic E-state index is 12.3. The van der Waals surface area contributed by atoms with E-state index in [0.29, 0.717) is 18.0 Å². The summed E-state index contributed by atoms with van der Waals surface area (Å²) in [7, 11) is 3.25. The summed E-state index contributed by atoms with van der Waals surface area (Å²) in [6, 6.07) is 31.0. The van der Waals surface area contributed by atoms with Gasteiger partial charge in [0.1, 0.15) is 23.5 Å². The Balaban J connectivity index is 1.42. The average molecular weight is 520 g/mol. The van der Waals surface area contributed by atoms with Gasteiger partial charge in [-0.1, -0.05) is 41.6 Å². The van der Waals surface area contributed by atoms with Crippen LogP contribution in [0.15, 0.2) is 102 Å². The first-order valence-electron chi connectivity index (χ1n) is 12.5. The van der Waals surface area contributed by atoms with Crippen molar-refractivity contribution in [2.45, 2.75) is 5.92 Å². The Kier molecular flexibility index (Phi) is 7.59. The number of aldehydes is 1. The number of hydrogen-bond acceptors (Lipinski definition) is 7. The molecule has 5 rings (SSSR count). The molecule has 5 aromatic rings. The molecule has 0 aliphatic rings. The number of anilines is 2. The van der Waals surface area contributed by atoms with Gasteiger partial charge < -0.3 is 29.8 Å². The lowest BCUT2D eigenvalue weighted by molar-refractivity contribution is -0.109. The fourth-order valence-electron chi connectivity index (χ4n) is 4.43.